The van der Waals surface area contributed by atoms with Crippen molar-refractivity contribution in [2.45, 2.75) is 51.9 Å². The fourth-order valence-corrected chi connectivity index (χ4v) is 3.79. The molecule has 9 heteroatoms. The predicted octanol–water partition coefficient (Wildman–Crippen LogP) is 2.06. The van der Waals surface area contributed by atoms with Gasteiger partial charge in [-0.05, 0) is 33.2 Å². The second kappa shape index (κ2) is 7.69. The van der Waals surface area contributed by atoms with Crippen LogP contribution in [-0.2, 0) is 11.3 Å². The predicted molar refractivity (Wildman–Crippen MR) is 86.3 cm³/mol. The number of aromatic nitrogens is 1. The Kier molecular flexibility index (Phi) is 6.08. The first kappa shape index (κ1) is 19.0. The smallest absolute Gasteiger partial charge is 0.352 e. The minimum absolute atomic E-state index is 0.0909. The van der Waals surface area contributed by atoms with Crippen LogP contribution in [0.15, 0.2) is 4.79 Å². The lowest BCUT2D eigenvalue weighted by atomic mass is 10.1. The molecule has 136 valence electrons. The summed E-state index contributed by atoms with van der Waals surface area (Å²) in [6, 6.07) is -0.268. The first-order chi connectivity index (χ1) is 11.2. The van der Waals surface area contributed by atoms with Gasteiger partial charge >= 0.3 is 11.0 Å². The fourth-order valence-electron chi connectivity index (χ4n) is 2.93. The van der Waals surface area contributed by atoms with Crippen molar-refractivity contribution >= 4 is 17.2 Å². The molecule has 2 rings (SSSR count). The molecule has 0 saturated carbocycles. The van der Waals surface area contributed by atoms with Crippen molar-refractivity contribution in [1.29, 1.82) is 0 Å². The molecule has 0 bridgehead atoms. The van der Waals surface area contributed by atoms with Crippen LogP contribution in [-0.4, -0.2) is 47.2 Å². The van der Waals surface area contributed by atoms with Crippen LogP contribution < -0.4 is 10.2 Å². The molecule has 0 spiro atoms. The summed E-state index contributed by atoms with van der Waals surface area (Å²) in [4.78, 5) is 26.0. The van der Waals surface area contributed by atoms with Crippen LogP contribution >= 0.6 is 11.3 Å². The minimum atomic E-state index is -4.22. The van der Waals surface area contributed by atoms with E-state index in [4.69, 9.17) is 0 Å². The number of amides is 1. The van der Waals surface area contributed by atoms with Gasteiger partial charge in [0.25, 0.3) is 0 Å². The number of carbonyl (C=O) groups is 1. The molecule has 1 aliphatic rings. The number of rotatable bonds is 5. The average Bonchev–Trinajstić information content (AvgIpc) is 2.68. The highest BCUT2D eigenvalue weighted by atomic mass is 32.1. The Morgan fingerprint density at radius 3 is 2.67 bits per heavy atom. The molecule has 1 aliphatic heterocycles. The topological polar surface area (TPSA) is 54.3 Å². The van der Waals surface area contributed by atoms with E-state index in [0.717, 1.165) is 21.9 Å². The van der Waals surface area contributed by atoms with E-state index in [2.05, 4.69) is 5.32 Å². The van der Waals surface area contributed by atoms with E-state index in [1.54, 1.807) is 4.57 Å². The monoisotopic (exact) mass is 365 g/mol. The zero-order valence-corrected chi connectivity index (χ0v) is 14.6. The SMILES string of the molecule is Cc1sc(=O)n(CCC(=O)NC2CCCN(CC(F)(F)F)C2)c1C. The normalized spacial score (nSPS) is 19.5. The first-order valence-electron chi connectivity index (χ1n) is 7.91. The van der Waals surface area contributed by atoms with Gasteiger partial charge in [0.2, 0.25) is 5.91 Å². The van der Waals surface area contributed by atoms with Crippen molar-refractivity contribution in [3.8, 4) is 0 Å². The van der Waals surface area contributed by atoms with Crippen molar-refractivity contribution in [3.05, 3.63) is 20.2 Å². The number of likely N-dealkylation sites (tertiary alicyclic amines) is 1. The Morgan fingerprint density at radius 2 is 2.08 bits per heavy atom. The van der Waals surface area contributed by atoms with Crippen LogP contribution in [0, 0.1) is 13.8 Å². The maximum Gasteiger partial charge on any atom is 0.401 e. The van der Waals surface area contributed by atoms with Gasteiger partial charge < -0.3 is 9.88 Å². The number of nitrogens with one attached hydrogen (secondary N) is 1. The van der Waals surface area contributed by atoms with Crippen molar-refractivity contribution in [2.24, 2.45) is 0 Å². The van der Waals surface area contributed by atoms with Gasteiger partial charge in [0.1, 0.15) is 0 Å². The van der Waals surface area contributed by atoms with Crippen LogP contribution in [0.25, 0.3) is 0 Å². The first-order valence-corrected chi connectivity index (χ1v) is 8.72. The van der Waals surface area contributed by atoms with E-state index in [1.807, 2.05) is 13.8 Å². The molecule has 1 aromatic heterocycles. The van der Waals surface area contributed by atoms with Crippen molar-refractivity contribution in [2.75, 3.05) is 19.6 Å². The van der Waals surface area contributed by atoms with E-state index in [0.29, 0.717) is 25.9 Å². The van der Waals surface area contributed by atoms with Crippen molar-refractivity contribution in [3.63, 3.8) is 0 Å². The number of hydrogen-bond acceptors (Lipinski definition) is 4. The third kappa shape index (κ3) is 5.34. The van der Waals surface area contributed by atoms with Crippen LogP contribution in [0.1, 0.15) is 29.8 Å². The summed E-state index contributed by atoms with van der Waals surface area (Å²) in [7, 11) is 0. The number of piperidine rings is 1. The Balaban J connectivity index is 1.82. The molecule has 1 aromatic rings. The molecule has 1 saturated heterocycles. The molecule has 1 amide bonds. The molecule has 0 aromatic carbocycles. The molecule has 1 fully saturated rings. The highest BCUT2D eigenvalue weighted by molar-refractivity contribution is 7.09. The second-order valence-corrected chi connectivity index (χ2v) is 7.33. The number of aryl methyl sites for hydroxylation is 1. The zero-order valence-electron chi connectivity index (χ0n) is 13.8. The Bertz CT molecular complexity index is 639. The number of hydrogen-bond donors (Lipinski definition) is 1. The third-order valence-corrected chi connectivity index (χ3v) is 5.21. The average molecular weight is 365 g/mol. The van der Waals surface area contributed by atoms with Crippen LogP contribution in [0.3, 0.4) is 0 Å². The lowest BCUT2D eigenvalue weighted by Gasteiger charge is -2.33. The maximum atomic E-state index is 12.5. The molecule has 2 heterocycles. The van der Waals surface area contributed by atoms with E-state index < -0.39 is 12.7 Å². The minimum Gasteiger partial charge on any atom is -0.352 e. The maximum absolute atomic E-state index is 12.5. The summed E-state index contributed by atoms with van der Waals surface area (Å²) in [5.74, 6) is -0.232. The second-order valence-electron chi connectivity index (χ2n) is 6.17. The van der Waals surface area contributed by atoms with E-state index in [-0.39, 0.29) is 29.8 Å². The molecule has 1 N–H and O–H groups in total. The van der Waals surface area contributed by atoms with E-state index >= 15 is 0 Å². The van der Waals surface area contributed by atoms with Crippen LogP contribution in [0.5, 0.6) is 0 Å². The molecular weight excluding hydrogens is 343 g/mol. The molecular formula is C15H22F3N3O2S. The summed E-state index contributed by atoms with van der Waals surface area (Å²) in [6.07, 6.45) is -2.77. The number of nitrogens with zero attached hydrogens (tertiary/aromatic N) is 2. The summed E-state index contributed by atoms with van der Waals surface area (Å²) in [5, 5.41) is 2.79. The van der Waals surface area contributed by atoms with Gasteiger partial charge in [-0.2, -0.15) is 13.2 Å². The van der Waals surface area contributed by atoms with Gasteiger partial charge in [0, 0.05) is 36.1 Å². The lowest BCUT2D eigenvalue weighted by Crippen LogP contribution is -2.50. The summed E-state index contributed by atoms with van der Waals surface area (Å²) < 4.78 is 38.9. The third-order valence-electron chi connectivity index (χ3n) is 4.21. The van der Waals surface area contributed by atoms with Gasteiger partial charge in [-0.15, -0.1) is 0 Å². The number of carbonyl (C=O) groups excluding carboxylic acids is 1. The lowest BCUT2D eigenvalue weighted by molar-refractivity contribution is -0.148. The summed E-state index contributed by atoms with van der Waals surface area (Å²) in [5.41, 5.74) is 0.854. The number of thiazole rings is 1. The van der Waals surface area contributed by atoms with Gasteiger partial charge in [-0.3, -0.25) is 14.5 Å². The molecule has 1 unspecified atom stereocenters. The largest absolute Gasteiger partial charge is 0.401 e. The fraction of sp³-hybridized carbons (Fsp3) is 0.733. The Hall–Kier alpha value is -1.35. The zero-order chi connectivity index (χ0) is 17.9. The van der Waals surface area contributed by atoms with E-state index in [9.17, 15) is 22.8 Å². The van der Waals surface area contributed by atoms with Gasteiger partial charge in [-0.1, -0.05) is 11.3 Å². The number of alkyl halides is 3. The van der Waals surface area contributed by atoms with E-state index in [1.165, 1.54) is 4.90 Å². The number of halogens is 3. The van der Waals surface area contributed by atoms with Crippen LogP contribution in [0.2, 0.25) is 0 Å². The van der Waals surface area contributed by atoms with Gasteiger partial charge in [0.15, 0.2) is 0 Å². The molecule has 24 heavy (non-hydrogen) atoms. The molecule has 0 aliphatic carbocycles. The van der Waals surface area contributed by atoms with Gasteiger partial charge in [-0.25, -0.2) is 0 Å². The summed E-state index contributed by atoms with van der Waals surface area (Å²) in [6.45, 7) is 3.65. The highest BCUT2D eigenvalue weighted by Crippen LogP contribution is 2.19. The molecule has 0 radical (unpaired) electrons. The van der Waals surface area contributed by atoms with Crippen molar-refractivity contribution in [1.82, 2.24) is 14.8 Å². The molecule has 1 atom stereocenters. The quantitative estimate of drug-likeness (QED) is 0.869. The Morgan fingerprint density at radius 1 is 1.38 bits per heavy atom. The van der Waals surface area contributed by atoms with Crippen molar-refractivity contribution < 1.29 is 18.0 Å². The molecule has 5 nitrogen and oxygen atoms in total. The summed E-state index contributed by atoms with van der Waals surface area (Å²) >= 11 is 1.15. The highest BCUT2D eigenvalue weighted by Gasteiger charge is 2.33. The standard InChI is InChI=1S/C15H22F3N3O2S/c1-10-11(2)24-14(23)21(10)7-5-13(22)19-12-4-3-6-20(8-12)9-15(16,17)18/h12H,3-9H2,1-2H3,(H,19,22). The Labute approximate surface area is 142 Å². The van der Waals surface area contributed by atoms with Gasteiger partial charge in [0.05, 0.1) is 6.54 Å². The van der Waals surface area contributed by atoms with Crippen LogP contribution in [0.4, 0.5) is 13.2 Å².